The van der Waals surface area contributed by atoms with Gasteiger partial charge in [-0.15, -0.1) is 0 Å². The number of piperidine rings is 1. The van der Waals surface area contributed by atoms with Crippen molar-refractivity contribution < 1.29 is 18.7 Å². The monoisotopic (exact) mass is 490 g/mol. The highest BCUT2D eigenvalue weighted by Crippen LogP contribution is 2.18. The van der Waals surface area contributed by atoms with E-state index in [1.165, 1.54) is 17.7 Å². The molecule has 1 saturated heterocycles. The van der Waals surface area contributed by atoms with Crippen LogP contribution in [0, 0.1) is 18.7 Å². The SMILES string of the molecule is Cc1ccc(COC(=O)N2CCC(CNC(=O)c3ccnc(NCc4ccc(F)cc4)c3)CC2)cc1. The summed E-state index contributed by atoms with van der Waals surface area (Å²) in [6.07, 6.45) is 2.90. The minimum absolute atomic E-state index is 0.165. The number of benzene rings is 2. The number of nitrogens with one attached hydrogen (secondary N) is 2. The van der Waals surface area contributed by atoms with Crippen molar-refractivity contribution in [2.24, 2.45) is 5.92 Å². The highest BCUT2D eigenvalue weighted by molar-refractivity contribution is 5.94. The van der Waals surface area contributed by atoms with Crippen molar-refractivity contribution in [3.63, 3.8) is 0 Å². The predicted octanol–water partition coefficient (Wildman–Crippen LogP) is 4.92. The van der Waals surface area contributed by atoms with Crippen LogP contribution in [-0.4, -0.2) is 41.5 Å². The van der Waals surface area contributed by atoms with Crippen LogP contribution in [0.2, 0.25) is 0 Å². The lowest BCUT2D eigenvalue weighted by Gasteiger charge is -2.31. The van der Waals surface area contributed by atoms with E-state index in [2.05, 4.69) is 15.6 Å². The molecule has 1 fully saturated rings. The van der Waals surface area contributed by atoms with Gasteiger partial charge >= 0.3 is 6.09 Å². The predicted molar refractivity (Wildman–Crippen MR) is 136 cm³/mol. The molecule has 2 N–H and O–H groups in total. The molecular weight excluding hydrogens is 459 g/mol. The van der Waals surface area contributed by atoms with Gasteiger partial charge in [0.15, 0.2) is 0 Å². The first-order chi connectivity index (χ1) is 17.5. The number of aryl methyl sites for hydroxylation is 1. The van der Waals surface area contributed by atoms with Crippen molar-refractivity contribution in [1.29, 1.82) is 0 Å². The van der Waals surface area contributed by atoms with Crippen molar-refractivity contribution in [3.05, 3.63) is 94.9 Å². The molecule has 1 aliphatic rings. The Kier molecular flexibility index (Phi) is 8.49. The van der Waals surface area contributed by atoms with Gasteiger partial charge in [-0.3, -0.25) is 4.79 Å². The van der Waals surface area contributed by atoms with Crippen molar-refractivity contribution in [2.75, 3.05) is 25.0 Å². The minimum atomic E-state index is -0.296. The second-order valence-corrected chi connectivity index (χ2v) is 9.09. The summed E-state index contributed by atoms with van der Waals surface area (Å²) >= 11 is 0. The summed E-state index contributed by atoms with van der Waals surface area (Å²) in [4.78, 5) is 31.0. The first-order valence-electron chi connectivity index (χ1n) is 12.2. The number of pyridine rings is 1. The summed E-state index contributed by atoms with van der Waals surface area (Å²) in [7, 11) is 0. The standard InChI is InChI=1S/C28H31FN4O3/c1-20-2-4-23(5-3-20)19-36-28(35)33-14-11-22(12-15-33)18-32-27(34)24-10-13-30-26(16-24)31-17-21-6-8-25(29)9-7-21/h2-10,13,16,22H,11-12,14-15,17-19H2,1H3,(H,30,31)(H,32,34). The molecule has 0 saturated carbocycles. The quantitative estimate of drug-likeness (QED) is 0.468. The van der Waals surface area contributed by atoms with Gasteiger partial charge in [-0.25, -0.2) is 14.2 Å². The number of nitrogens with zero attached hydrogens (tertiary/aromatic N) is 2. The number of carbonyl (C=O) groups is 2. The number of likely N-dealkylation sites (tertiary alicyclic amines) is 1. The fourth-order valence-corrected chi connectivity index (χ4v) is 4.04. The molecule has 8 heteroatoms. The van der Waals surface area contributed by atoms with E-state index in [1.807, 2.05) is 31.2 Å². The zero-order valence-electron chi connectivity index (χ0n) is 20.4. The maximum absolute atomic E-state index is 13.1. The Morgan fingerprint density at radius 1 is 1.03 bits per heavy atom. The van der Waals surface area contributed by atoms with E-state index in [4.69, 9.17) is 4.74 Å². The van der Waals surface area contributed by atoms with Crippen LogP contribution in [0.5, 0.6) is 0 Å². The second kappa shape index (κ2) is 12.2. The molecule has 2 amide bonds. The van der Waals surface area contributed by atoms with E-state index in [0.29, 0.717) is 43.5 Å². The summed E-state index contributed by atoms with van der Waals surface area (Å²) in [6, 6.07) is 17.5. The largest absolute Gasteiger partial charge is 0.445 e. The van der Waals surface area contributed by atoms with E-state index in [9.17, 15) is 14.0 Å². The maximum atomic E-state index is 13.1. The average Bonchev–Trinajstić information content (AvgIpc) is 2.91. The Morgan fingerprint density at radius 3 is 2.44 bits per heavy atom. The molecule has 0 unspecified atom stereocenters. The fraction of sp³-hybridized carbons (Fsp3) is 0.321. The average molecular weight is 491 g/mol. The molecule has 0 bridgehead atoms. The van der Waals surface area contributed by atoms with E-state index in [0.717, 1.165) is 24.0 Å². The zero-order chi connectivity index (χ0) is 25.3. The van der Waals surface area contributed by atoms with Crippen LogP contribution in [0.15, 0.2) is 66.9 Å². The molecule has 0 spiro atoms. The van der Waals surface area contributed by atoms with Gasteiger partial charge in [0.1, 0.15) is 18.2 Å². The lowest BCUT2D eigenvalue weighted by Crippen LogP contribution is -2.41. The van der Waals surface area contributed by atoms with Crippen molar-refractivity contribution in [1.82, 2.24) is 15.2 Å². The van der Waals surface area contributed by atoms with Crippen molar-refractivity contribution >= 4 is 17.8 Å². The summed E-state index contributed by atoms with van der Waals surface area (Å²) in [6.45, 7) is 4.53. The van der Waals surface area contributed by atoms with Crippen LogP contribution >= 0.6 is 0 Å². The molecule has 3 aromatic rings. The molecule has 0 atom stereocenters. The van der Waals surface area contributed by atoms with Gasteiger partial charge in [0.2, 0.25) is 0 Å². The number of hydrogen-bond donors (Lipinski definition) is 2. The number of hydrogen-bond acceptors (Lipinski definition) is 5. The molecular formula is C28H31FN4O3. The van der Waals surface area contributed by atoms with E-state index in [-0.39, 0.29) is 24.4 Å². The van der Waals surface area contributed by atoms with E-state index >= 15 is 0 Å². The summed E-state index contributed by atoms with van der Waals surface area (Å²) < 4.78 is 18.5. The zero-order valence-corrected chi connectivity index (χ0v) is 20.4. The first kappa shape index (κ1) is 25.2. The highest BCUT2D eigenvalue weighted by atomic mass is 19.1. The summed E-state index contributed by atoms with van der Waals surface area (Å²) in [5, 5.41) is 6.16. The Balaban J connectivity index is 1.18. The number of amides is 2. The normalized spacial score (nSPS) is 13.8. The van der Waals surface area contributed by atoms with E-state index < -0.39 is 0 Å². The van der Waals surface area contributed by atoms with Gasteiger partial charge in [0.05, 0.1) is 0 Å². The van der Waals surface area contributed by atoms with Crippen molar-refractivity contribution in [3.8, 4) is 0 Å². The van der Waals surface area contributed by atoms with Crippen LogP contribution in [0.25, 0.3) is 0 Å². The van der Waals surface area contributed by atoms with Gasteiger partial charge in [0, 0.05) is 37.9 Å². The number of halogens is 1. The topological polar surface area (TPSA) is 83.6 Å². The third-order valence-corrected chi connectivity index (χ3v) is 6.32. The molecule has 0 aliphatic carbocycles. The minimum Gasteiger partial charge on any atom is -0.445 e. The van der Waals surface area contributed by atoms with Gasteiger partial charge in [-0.1, -0.05) is 42.0 Å². The fourth-order valence-electron chi connectivity index (χ4n) is 4.04. The molecule has 36 heavy (non-hydrogen) atoms. The molecule has 1 aromatic heterocycles. The van der Waals surface area contributed by atoms with Gasteiger partial charge in [0.25, 0.3) is 5.91 Å². The number of rotatable bonds is 8. The van der Waals surface area contributed by atoms with Crippen LogP contribution in [0.3, 0.4) is 0 Å². The van der Waals surface area contributed by atoms with E-state index in [1.54, 1.807) is 35.4 Å². The first-order valence-corrected chi connectivity index (χ1v) is 12.2. The summed E-state index contributed by atoms with van der Waals surface area (Å²) in [5.74, 6) is 0.430. The van der Waals surface area contributed by atoms with Gasteiger partial charge in [-0.05, 0) is 61.1 Å². The molecule has 2 heterocycles. The van der Waals surface area contributed by atoms with Gasteiger partial charge in [-0.2, -0.15) is 0 Å². The molecule has 4 rings (SSSR count). The Bertz CT molecular complexity index is 1160. The molecule has 7 nitrogen and oxygen atoms in total. The number of aromatic nitrogens is 1. The number of anilines is 1. The highest BCUT2D eigenvalue weighted by Gasteiger charge is 2.24. The lowest BCUT2D eigenvalue weighted by molar-refractivity contribution is 0.0801. The molecule has 2 aromatic carbocycles. The van der Waals surface area contributed by atoms with Crippen LogP contribution in [0.1, 0.15) is 39.9 Å². The molecule has 188 valence electrons. The molecule has 0 radical (unpaired) electrons. The number of ether oxygens (including phenoxy) is 1. The second-order valence-electron chi connectivity index (χ2n) is 9.09. The van der Waals surface area contributed by atoms with Crippen molar-refractivity contribution in [2.45, 2.75) is 32.9 Å². The Morgan fingerprint density at radius 2 is 1.72 bits per heavy atom. The number of carbonyl (C=O) groups excluding carboxylic acids is 2. The van der Waals surface area contributed by atoms with Crippen LogP contribution in [0.4, 0.5) is 15.0 Å². The van der Waals surface area contributed by atoms with Gasteiger partial charge < -0.3 is 20.3 Å². The maximum Gasteiger partial charge on any atom is 0.410 e. The Labute approximate surface area is 210 Å². The van der Waals surface area contributed by atoms with Crippen LogP contribution < -0.4 is 10.6 Å². The third-order valence-electron chi connectivity index (χ3n) is 6.32. The summed E-state index contributed by atoms with van der Waals surface area (Å²) in [5.41, 5.74) is 3.57. The third kappa shape index (κ3) is 7.28. The molecule has 1 aliphatic heterocycles. The lowest BCUT2D eigenvalue weighted by atomic mass is 9.97. The smallest absolute Gasteiger partial charge is 0.410 e. The Hall–Kier alpha value is -3.94. The van der Waals surface area contributed by atoms with Crippen LogP contribution in [-0.2, 0) is 17.9 Å².